The third-order valence-electron chi connectivity index (χ3n) is 5.39. The average molecular weight is 466 g/mol. The lowest BCUT2D eigenvalue weighted by Crippen LogP contribution is -2.46. The maximum atomic E-state index is 13.6. The second kappa shape index (κ2) is 9.30. The summed E-state index contributed by atoms with van der Waals surface area (Å²) in [7, 11) is 1.37. The summed E-state index contributed by atoms with van der Waals surface area (Å²) in [6, 6.07) is 13.8. The van der Waals surface area contributed by atoms with Crippen molar-refractivity contribution in [1.82, 2.24) is 9.88 Å². The van der Waals surface area contributed by atoms with E-state index >= 15 is 0 Å². The van der Waals surface area contributed by atoms with Crippen LogP contribution in [-0.4, -0.2) is 45.9 Å². The van der Waals surface area contributed by atoms with Crippen molar-refractivity contribution in [3.8, 4) is 5.75 Å². The molecule has 33 heavy (non-hydrogen) atoms. The Hall–Kier alpha value is -3.91. The first-order valence-electron chi connectivity index (χ1n) is 10.1. The lowest BCUT2D eigenvalue weighted by Gasteiger charge is -2.29. The maximum absolute atomic E-state index is 13.6. The number of aromatic carboxylic acids is 1. The van der Waals surface area contributed by atoms with Crippen LogP contribution in [0.3, 0.4) is 0 Å². The standard InChI is InChI=1S/C24H20ClN3O5/c1-33-21-10-14(5-7-18(21)24(31)32)13-28-20(12-16-4-2-3-9-26-16)22(29)27-19-11-15(25)6-8-17(19)23(28)30/h2-11,20H,12-13H2,1H3,(H,27,29)(H,31,32)/t20-/m1/s1. The number of carboxylic acid groups (broad SMARTS) is 1. The van der Waals surface area contributed by atoms with E-state index in [1.54, 1.807) is 48.7 Å². The molecule has 1 aliphatic rings. The fourth-order valence-corrected chi connectivity index (χ4v) is 3.94. The van der Waals surface area contributed by atoms with Crippen molar-refractivity contribution in [3.63, 3.8) is 0 Å². The summed E-state index contributed by atoms with van der Waals surface area (Å²) in [6.45, 7) is 0.0576. The van der Waals surface area contributed by atoms with E-state index < -0.39 is 12.0 Å². The van der Waals surface area contributed by atoms with Crippen LogP contribution in [0.1, 0.15) is 32.0 Å². The monoisotopic (exact) mass is 465 g/mol. The Bertz CT molecular complexity index is 1230. The number of aromatic nitrogens is 1. The number of halogens is 1. The van der Waals surface area contributed by atoms with Gasteiger partial charge in [0.05, 0.1) is 18.4 Å². The summed E-state index contributed by atoms with van der Waals surface area (Å²) in [4.78, 5) is 44.0. The molecule has 3 aromatic rings. The predicted octanol–water partition coefficient (Wildman–Crippen LogP) is 3.65. The number of hydrogen-bond acceptors (Lipinski definition) is 5. The second-order valence-corrected chi connectivity index (χ2v) is 7.93. The van der Waals surface area contributed by atoms with Crippen LogP contribution in [0.15, 0.2) is 60.8 Å². The van der Waals surface area contributed by atoms with Crippen LogP contribution in [0.4, 0.5) is 5.69 Å². The number of nitrogens with one attached hydrogen (secondary N) is 1. The highest BCUT2D eigenvalue weighted by Crippen LogP contribution is 2.29. The molecule has 0 saturated carbocycles. The molecule has 0 radical (unpaired) electrons. The van der Waals surface area contributed by atoms with Crippen LogP contribution >= 0.6 is 11.6 Å². The molecule has 0 spiro atoms. The van der Waals surface area contributed by atoms with Gasteiger partial charge in [-0.2, -0.15) is 0 Å². The first-order valence-corrected chi connectivity index (χ1v) is 10.5. The van der Waals surface area contributed by atoms with Crippen molar-refractivity contribution in [2.45, 2.75) is 19.0 Å². The Morgan fingerprint density at radius 3 is 2.70 bits per heavy atom. The molecule has 2 N–H and O–H groups in total. The largest absolute Gasteiger partial charge is 0.496 e. The molecular formula is C24H20ClN3O5. The van der Waals surface area contributed by atoms with E-state index in [2.05, 4.69) is 10.3 Å². The highest BCUT2D eigenvalue weighted by Gasteiger charge is 2.36. The number of methoxy groups -OCH3 is 1. The zero-order valence-electron chi connectivity index (χ0n) is 17.6. The Morgan fingerprint density at radius 2 is 2.00 bits per heavy atom. The van der Waals surface area contributed by atoms with Gasteiger partial charge < -0.3 is 20.1 Å². The molecule has 2 heterocycles. The van der Waals surface area contributed by atoms with Gasteiger partial charge in [-0.1, -0.05) is 23.7 Å². The number of benzene rings is 2. The van der Waals surface area contributed by atoms with E-state index in [1.165, 1.54) is 18.1 Å². The van der Waals surface area contributed by atoms with Crippen LogP contribution in [0.25, 0.3) is 0 Å². The Labute approximate surface area is 194 Å². The average Bonchev–Trinajstić information content (AvgIpc) is 2.89. The number of pyridine rings is 1. The fraction of sp³-hybridized carbons (Fsp3) is 0.167. The molecule has 2 aromatic carbocycles. The highest BCUT2D eigenvalue weighted by atomic mass is 35.5. The van der Waals surface area contributed by atoms with Gasteiger partial charge in [-0.15, -0.1) is 0 Å². The topological polar surface area (TPSA) is 109 Å². The van der Waals surface area contributed by atoms with Gasteiger partial charge in [0.25, 0.3) is 5.91 Å². The molecule has 8 nitrogen and oxygen atoms in total. The van der Waals surface area contributed by atoms with Crippen molar-refractivity contribution in [2.24, 2.45) is 0 Å². The van der Waals surface area contributed by atoms with Gasteiger partial charge in [-0.25, -0.2) is 4.79 Å². The van der Waals surface area contributed by atoms with E-state index in [9.17, 15) is 19.5 Å². The molecule has 0 fully saturated rings. The van der Waals surface area contributed by atoms with Gasteiger partial charge in [0.1, 0.15) is 17.4 Å². The number of hydrogen-bond donors (Lipinski definition) is 2. The molecule has 0 aliphatic carbocycles. The van der Waals surface area contributed by atoms with Crippen molar-refractivity contribution in [1.29, 1.82) is 0 Å². The quantitative estimate of drug-likeness (QED) is 0.575. The number of rotatable bonds is 6. The van der Waals surface area contributed by atoms with Crippen LogP contribution in [-0.2, 0) is 17.8 Å². The lowest BCUT2D eigenvalue weighted by molar-refractivity contribution is -0.120. The fourth-order valence-electron chi connectivity index (χ4n) is 3.77. The van der Waals surface area contributed by atoms with Gasteiger partial charge in [0.15, 0.2) is 0 Å². The summed E-state index contributed by atoms with van der Waals surface area (Å²) >= 11 is 6.08. The molecule has 4 rings (SSSR count). The van der Waals surface area contributed by atoms with Crippen LogP contribution < -0.4 is 10.1 Å². The molecule has 0 unspecified atom stereocenters. The SMILES string of the molecule is COc1cc(CN2C(=O)c3ccc(Cl)cc3NC(=O)[C@H]2Cc2ccccn2)ccc1C(=O)O. The normalized spacial score (nSPS) is 15.5. The van der Waals surface area contributed by atoms with E-state index in [1.807, 2.05) is 6.07 Å². The van der Waals surface area contributed by atoms with E-state index in [4.69, 9.17) is 16.3 Å². The molecule has 0 bridgehead atoms. The first kappa shape index (κ1) is 22.3. The Morgan fingerprint density at radius 1 is 1.18 bits per heavy atom. The van der Waals surface area contributed by atoms with Gasteiger partial charge in [-0.3, -0.25) is 14.6 Å². The van der Waals surface area contributed by atoms with Gasteiger partial charge in [0.2, 0.25) is 5.91 Å². The van der Waals surface area contributed by atoms with Crippen LogP contribution in [0.2, 0.25) is 5.02 Å². The number of ether oxygens (including phenoxy) is 1. The Balaban J connectivity index is 1.76. The third-order valence-corrected chi connectivity index (χ3v) is 5.62. The molecule has 0 saturated heterocycles. The second-order valence-electron chi connectivity index (χ2n) is 7.49. The van der Waals surface area contributed by atoms with E-state index in [-0.39, 0.29) is 36.1 Å². The zero-order valence-corrected chi connectivity index (χ0v) is 18.4. The van der Waals surface area contributed by atoms with Gasteiger partial charge in [-0.05, 0) is 48.0 Å². The minimum absolute atomic E-state index is 0.00575. The number of carbonyl (C=O) groups excluding carboxylic acids is 2. The molecule has 1 aromatic heterocycles. The molecule has 168 valence electrons. The lowest BCUT2D eigenvalue weighted by atomic mass is 10.0. The number of amides is 2. The van der Waals surface area contributed by atoms with E-state index in [0.717, 1.165) is 0 Å². The van der Waals surface area contributed by atoms with Crippen LogP contribution in [0.5, 0.6) is 5.75 Å². The van der Waals surface area contributed by atoms with Crippen molar-refractivity contribution >= 4 is 35.1 Å². The number of anilines is 1. The molecule has 2 amide bonds. The summed E-state index contributed by atoms with van der Waals surface area (Å²) in [5.74, 6) is -1.69. The van der Waals surface area contributed by atoms with Crippen LogP contribution in [0, 0.1) is 0 Å². The molecule has 1 aliphatic heterocycles. The Kier molecular flexibility index (Phi) is 6.28. The highest BCUT2D eigenvalue weighted by molar-refractivity contribution is 6.31. The smallest absolute Gasteiger partial charge is 0.339 e. The summed E-state index contributed by atoms with van der Waals surface area (Å²) < 4.78 is 5.21. The number of nitrogens with zero attached hydrogens (tertiary/aromatic N) is 2. The number of carboxylic acids is 1. The molecule has 9 heteroatoms. The third kappa shape index (κ3) is 4.65. The molecular weight excluding hydrogens is 446 g/mol. The van der Waals surface area contributed by atoms with E-state index in [0.29, 0.717) is 27.5 Å². The predicted molar refractivity (Wildman–Crippen MR) is 122 cm³/mol. The molecule has 1 atom stereocenters. The minimum atomic E-state index is -1.12. The van der Waals surface area contributed by atoms with Crippen molar-refractivity contribution in [2.75, 3.05) is 12.4 Å². The van der Waals surface area contributed by atoms with Crippen molar-refractivity contribution < 1.29 is 24.2 Å². The zero-order chi connectivity index (χ0) is 23.5. The first-order chi connectivity index (χ1) is 15.9. The number of fused-ring (bicyclic) bond motifs is 1. The van der Waals surface area contributed by atoms with Gasteiger partial charge >= 0.3 is 5.97 Å². The minimum Gasteiger partial charge on any atom is -0.496 e. The summed E-state index contributed by atoms with van der Waals surface area (Å²) in [5.41, 5.74) is 1.92. The number of carbonyl (C=O) groups is 3. The van der Waals surface area contributed by atoms with Crippen molar-refractivity contribution in [3.05, 3.63) is 88.2 Å². The maximum Gasteiger partial charge on any atom is 0.339 e. The van der Waals surface area contributed by atoms with Gasteiger partial charge in [0, 0.05) is 29.9 Å². The summed E-state index contributed by atoms with van der Waals surface area (Å²) in [5, 5.41) is 12.5. The summed E-state index contributed by atoms with van der Waals surface area (Å²) in [6.07, 6.45) is 1.82.